The molecule has 1 saturated heterocycles. The number of amides is 1. The molecule has 1 aliphatic heterocycles. The molecule has 2 fully saturated rings. The van der Waals surface area contributed by atoms with Crippen LogP contribution in [0.25, 0.3) is 0 Å². The van der Waals surface area contributed by atoms with E-state index in [9.17, 15) is 9.90 Å². The number of likely N-dealkylation sites (tertiary alicyclic amines) is 1. The van der Waals surface area contributed by atoms with E-state index in [1.165, 1.54) is 24.8 Å². The van der Waals surface area contributed by atoms with Crippen molar-refractivity contribution in [2.45, 2.75) is 50.0 Å². The van der Waals surface area contributed by atoms with Gasteiger partial charge in [0.25, 0.3) is 5.91 Å². The van der Waals surface area contributed by atoms with E-state index in [2.05, 4.69) is 14.1 Å². The Hall–Kier alpha value is -1.55. The van der Waals surface area contributed by atoms with E-state index in [1.807, 2.05) is 6.07 Å². The number of aromatic hydroxyl groups is 1. The van der Waals surface area contributed by atoms with E-state index in [1.54, 1.807) is 6.07 Å². The van der Waals surface area contributed by atoms with Crippen LogP contribution in [0.3, 0.4) is 0 Å². The molecule has 0 unspecified atom stereocenters. The van der Waals surface area contributed by atoms with Crippen molar-refractivity contribution >= 4 is 5.91 Å². The number of benzene rings is 1. The van der Waals surface area contributed by atoms with Gasteiger partial charge in [-0.25, -0.2) is 0 Å². The molecule has 0 radical (unpaired) electrons. The summed E-state index contributed by atoms with van der Waals surface area (Å²) in [6.07, 6.45) is 6.99. The Morgan fingerprint density at radius 3 is 2.83 bits per heavy atom. The molecular formula is C19H27N2O2+. The predicted octanol–water partition coefficient (Wildman–Crippen LogP) is 2.32. The lowest BCUT2D eigenvalue weighted by atomic mass is 9.51. The highest BCUT2D eigenvalue weighted by Crippen LogP contribution is 2.59. The zero-order chi connectivity index (χ0) is 16.4. The molecule has 0 spiro atoms. The quantitative estimate of drug-likeness (QED) is 0.781. The molecule has 124 valence electrons. The van der Waals surface area contributed by atoms with Gasteiger partial charge < -0.3 is 15.3 Å². The van der Waals surface area contributed by atoms with E-state index in [0.717, 1.165) is 35.9 Å². The first-order valence-corrected chi connectivity index (χ1v) is 8.85. The number of hydrogen-bond donors (Lipinski definition) is 2. The van der Waals surface area contributed by atoms with Crippen LogP contribution >= 0.6 is 0 Å². The Balaban J connectivity index is 1.96. The molecule has 4 nitrogen and oxygen atoms in total. The first kappa shape index (κ1) is 15.0. The minimum atomic E-state index is -0.525. The Morgan fingerprint density at radius 1 is 1.30 bits per heavy atom. The third-order valence-corrected chi connectivity index (χ3v) is 7.05. The van der Waals surface area contributed by atoms with Crippen LogP contribution < -0.4 is 5.73 Å². The summed E-state index contributed by atoms with van der Waals surface area (Å²) >= 11 is 0. The summed E-state index contributed by atoms with van der Waals surface area (Å²) < 4.78 is 1.07. The molecule has 3 atom stereocenters. The van der Waals surface area contributed by atoms with Gasteiger partial charge in [0.15, 0.2) is 0 Å². The van der Waals surface area contributed by atoms with Crippen molar-refractivity contribution < 1.29 is 14.4 Å². The van der Waals surface area contributed by atoms with Crippen molar-refractivity contribution in [1.29, 1.82) is 0 Å². The molecule has 3 N–H and O–H groups in total. The fourth-order valence-corrected chi connectivity index (χ4v) is 5.89. The average molecular weight is 315 g/mol. The third kappa shape index (κ3) is 1.90. The van der Waals surface area contributed by atoms with E-state index in [-0.39, 0.29) is 11.2 Å². The summed E-state index contributed by atoms with van der Waals surface area (Å²) in [6, 6.07) is 4.38. The molecule has 1 aromatic rings. The molecule has 1 amide bonds. The maximum atomic E-state index is 11.7. The molecule has 0 aromatic heterocycles. The first-order valence-electron chi connectivity index (χ1n) is 8.85. The summed E-state index contributed by atoms with van der Waals surface area (Å²) in [5.41, 5.74) is 8.13. The number of phenols is 1. The lowest BCUT2D eigenvalue weighted by Crippen LogP contribution is -2.66. The molecule has 1 heterocycles. The summed E-state index contributed by atoms with van der Waals surface area (Å²) in [5.74, 6) is 0.261. The second-order valence-corrected chi connectivity index (χ2v) is 8.39. The zero-order valence-corrected chi connectivity index (χ0v) is 14.1. The monoisotopic (exact) mass is 315 g/mol. The van der Waals surface area contributed by atoms with Gasteiger partial charge >= 0.3 is 0 Å². The lowest BCUT2D eigenvalue weighted by Gasteiger charge is -2.60. The van der Waals surface area contributed by atoms with Crippen LogP contribution in [0, 0.1) is 5.92 Å². The predicted molar refractivity (Wildman–Crippen MR) is 89.3 cm³/mol. The van der Waals surface area contributed by atoms with Crippen LogP contribution in [0.4, 0.5) is 0 Å². The molecule has 23 heavy (non-hydrogen) atoms. The zero-order valence-electron chi connectivity index (χ0n) is 14.1. The number of nitrogens with two attached hydrogens (primary N) is 1. The summed E-state index contributed by atoms with van der Waals surface area (Å²) in [5, 5.41) is 10.9. The number of hydrogen-bond acceptors (Lipinski definition) is 2. The van der Waals surface area contributed by atoms with E-state index >= 15 is 0 Å². The van der Waals surface area contributed by atoms with E-state index < -0.39 is 5.91 Å². The van der Waals surface area contributed by atoms with Gasteiger partial charge in [0.2, 0.25) is 0 Å². The molecule has 4 heteroatoms. The molecule has 2 bridgehead atoms. The highest BCUT2D eigenvalue weighted by Gasteiger charge is 2.59. The Labute approximate surface area is 137 Å². The van der Waals surface area contributed by atoms with Crippen molar-refractivity contribution in [3.05, 3.63) is 28.8 Å². The van der Waals surface area contributed by atoms with Gasteiger partial charge in [-0.05, 0) is 24.5 Å². The van der Waals surface area contributed by atoms with Gasteiger partial charge in [-0.2, -0.15) is 0 Å². The maximum Gasteiger partial charge on any atom is 0.252 e. The summed E-state index contributed by atoms with van der Waals surface area (Å²) in [4.78, 5) is 11.7. The van der Waals surface area contributed by atoms with E-state index in [0.29, 0.717) is 17.5 Å². The molecule has 1 saturated carbocycles. The number of primary amides is 1. The van der Waals surface area contributed by atoms with E-state index in [4.69, 9.17) is 5.73 Å². The number of likely N-dealkylation sites (N-methyl/N-ethyl adjacent to an activating group) is 1. The number of fused-ring (bicyclic) bond motifs is 1. The lowest BCUT2D eigenvalue weighted by molar-refractivity contribution is -0.927. The number of carbonyl (C=O) groups is 1. The average Bonchev–Trinajstić information content (AvgIpc) is 2.51. The van der Waals surface area contributed by atoms with Crippen LogP contribution in [0.1, 0.15) is 53.6 Å². The van der Waals surface area contributed by atoms with Crippen LogP contribution in [0.15, 0.2) is 12.1 Å². The van der Waals surface area contributed by atoms with Crippen molar-refractivity contribution in [1.82, 2.24) is 0 Å². The van der Waals surface area contributed by atoms with Crippen LogP contribution in [-0.2, 0) is 11.8 Å². The largest absolute Gasteiger partial charge is 0.507 e. The van der Waals surface area contributed by atoms with Crippen LogP contribution in [-0.4, -0.2) is 42.2 Å². The van der Waals surface area contributed by atoms with Gasteiger partial charge in [0, 0.05) is 29.7 Å². The van der Waals surface area contributed by atoms with Crippen molar-refractivity contribution in [3.63, 3.8) is 0 Å². The minimum Gasteiger partial charge on any atom is -0.507 e. The SMILES string of the molecule is C[N+]1(C)CC[C@]23CCCC[C@H]2[C@H]1Cc1ccc(C(N)=O)c(O)c13. The second-order valence-electron chi connectivity index (χ2n) is 8.39. The fraction of sp³-hybridized carbons (Fsp3) is 0.632. The topological polar surface area (TPSA) is 63.3 Å². The summed E-state index contributed by atoms with van der Waals surface area (Å²) in [7, 11) is 4.71. The van der Waals surface area contributed by atoms with Gasteiger partial charge in [0.1, 0.15) is 5.75 Å². The molecule has 2 aliphatic carbocycles. The first-order chi connectivity index (χ1) is 10.9. The number of piperidine rings is 1. The van der Waals surface area contributed by atoms with Crippen LogP contribution in [0.5, 0.6) is 5.75 Å². The highest BCUT2D eigenvalue weighted by molar-refractivity contribution is 5.96. The van der Waals surface area contributed by atoms with Crippen molar-refractivity contribution in [2.24, 2.45) is 11.7 Å². The molecule has 1 aromatic carbocycles. The molecule has 3 aliphatic rings. The fourth-order valence-electron chi connectivity index (χ4n) is 5.89. The van der Waals surface area contributed by atoms with Gasteiger partial charge in [-0.1, -0.05) is 18.9 Å². The Kier molecular flexibility index (Phi) is 3.08. The molecule has 4 rings (SSSR count). The minimum absolute atomic E-state index is 0.0554. The van der Waals surface area contributed by atoms with Crippen molar-refractivity contribution in [2.75, 3.05) is 20.6 Å². The maximum absolute atomic E-state index is 11.7. The van der Waals surface area contributed by atoms with Crippen molar-refractivity contribution in [3.8, 4) is 5.75 Å². The third-order valence-electron chi connectivity index (χ3n) is 7.05. The van der Waals surface area contributed by atoms with Gasteiger partial charge in [-0.3, -0.25) is 4.79 Å². The molecular weight excluding hydrogens is 288 g/mol. The number of nitrogens with zero attached hydrogens (tertiary/aromatic N) is 1. The second kappa shape index (κ2) is 4.73. The smallest absolute Gasteiger partial charge is 0.252 e. The highest BCUT2D eigenvalue weighted by atomic mass is 16.3. The number of carbonyl (C=O) groups excluding carboxylic acids is 1. The number of quaternary nitrogens is 1. The standard InChI is InChI=1S/C19H26N2O2/c1-21(2)10-9-19-8-4-3-5-14(19)15(21)11-12-6-7-13(18(20)23)17(22)16(12)19/h6-7,14-15H,3-5,8-11H2,1-2H3,(H2-,20,22,23)/p+1/t14-,15+,19+/m0/s1. The Morgan fingerprint density at radius 2 is 2.09 bits per heavy atom. The van der Waals surface area contributed by atoms with Crippen LogP contribution in [0.2, 0.25) is 0 Å². The van der Waals surface area contributed by atoms with Gasteiger partial charge in [-0.15, -0.1) is 0 Å². The Bertz CT molecular complexity index is 682. The number of rotatable bonds is 1. The summed E-state index contributed by atoms with van der Waals surface area (Å²) in [6.45, 7) is 1.14. The normalized spacial score (nSPS) is 34.3. The van der Waals surface area contributed by atoms with Gasteiger partial charge in [0.05, 0.1) is 32.2 Å².